The smallest absolute Gasteiger partial charge is 0.191 e. The van der Waals surface area contributed by atoms with Crippen LogP contribution in [-0.2, 0) is 13.2 Å². The number of hydrogen-bond acceptors (Lipinski definition) is 3. The maximum absolute atomic E-state index is 13.6. The summed E-state index contributed by atoms with van der Waals surface area (Å²) in [7, 11) is 0. The number of hydrogen-bond donors (Lipinski definition) is 1. The highest BCUT2D eigenvalue weighted by Gasteiger charge is 2.13. The van der Waals surface area contributed by atoms with Gasteiger partial charge in [0.05, 0.1) is 5.02 Å². The molecule has 1 aromatic heterocycles. The summed E-state index contributed by atoms with van der Waals surface area (Å²) in [5.41, 5.74) is 6.28. The van der Waals surface area contributed by atoms with Crippen molar-refractivity contribution in [2.45, 2.75) is 13.2 Å². The van der Waals surface area contributed by atoms with Crippen molar-refractivity contribution in [1.82, 2.24) is 4.98 Å². The number of nitrogens with zero attached hydrogens (tertiary/aromatic N) is 1. The molecule has 0 spiro atoms. The highest BCUT2D eigenvalue weighted by atomic mass is 35.5. The third-order valence-corrected chi connectivity index (χ3v) is 2.86. The Kier molecular flexibility index (Phi) is 4.29. The van der Waals surface area contributed by atoms with Crippen molar-refractivity contribution in [2.24, 2.45) is 5.73 Å². The van der Waals surface area contributed by atoms with Gasteiger partial charge in [-0.25, -0.2) is 8.78 Å². The van der Waals surface area contributed by atoms with Gasteiger partial charge in [0.25, 0.3) is 0 Å². The van der Waals surface area contributed by atoms with Crippen molar-refractivity contribution >= 4 is 11.6 Å². The Bertz CT molecular complexity index is 570. The molecule has 0 amide bonds. The van der Waals surface area contributed by atoms with Crippen molar-refractivity contribution in [3.63, 3.8) is 0 Å². The minimum absolute atomic E-state index is 0.0445. The topological polar surface area (TPSA) is 48.1 Å². The molecule has 0 unspecified atom stereocenters. The Balaban J connectivity index is 2.18. The van der Waals surface area contributed by atoms with E-state index < -0.39 is 17.4 Å². The first-order valence-electron chi connectivity index (χ1n) is 5.51. The Labute approximate surface area is 114 Å². The number of benzene rings is 1. The van der Waals surface area contributed by atoms with E-state index in [4.69, 9.17) is 22.1 Å². The zero-order valence-corrected chi connectivity index (χ0v) is 10.6. The van der Waals surface area contributed by atoms with E-state index in [1.807, 2.05) is 0 Å². The quantitative estimate of drug-likeness (QED) is 0.939. The van der Waals surface area contributed by atoms with Crippen LogP contribution in [0.3, 0.4) is 0 Å². The average molecular weight is 285 g/mol. The van der Waals surface area contributed by atoms with E-state index in [2.05, 4.69) is 4.98 Å². The van der Waals surface area contributed by atoms with E-state index in [0.29, 0.717) is 16.1 Å². The molecular formula is C13H11ClF2N2O. The number of nitrogens with two attached hydrogens (primary N) is 1. The molecule has 0 saturated carbocycles. The SMILES string of the molecule is NCc1cc(F)c(OCc2ccncc2Cl)c(F)c1. The Morgan fingerprint density at radius 3 is 2.53 bits per heavy atom. The van der Waals surface area contributed by atoms with Crippen molar-refractivity contribution in [2.75, 3.05) is 0 Å². The zero-order valence-electron chi connectivity index (χ0n) is 9.87. The lowest BCUT2D eigenvalue weighted by Crippen LogP contribution is -2.03. The summed E-state index contributed by atoms with van der Waals surface area (Å²) in [6.45, 7) is 0.0153. The van der Waals surface area contributed by atoms with Crippen molar-refractivity contribution in [3.8, 4) is 5.75 Å². The van der Waals surface area contributed by atoms with Crippen LogP contribution in [0.1, 0.15) is 11.1 Å². The summed E-state index contributed by atoms with van der Waals surface area (Å²) in [6, 6.07) is 3.91. The van der Waals surface area contributed by atoms with Crippen LogP contribution in [0.25, 0.3) is 0 Å². The van der Waals surface area contributed by atoms with Gasteiger partial charge in [-0.1, -0.05) is 11.6 Å². The fourth-order valence-corrected chi connectivity index (χ4v) is 1.71. The summed E-state index contributed by atoms with van der Waals surface area (Å²) in [6.07, 6.45) is 2.96. The molecule has 0 saturated heterocycles. The van der Waals surface area contributed by atoms with E-state index in [9.17, 15) is 8.78 Å². The van der Waals surface area contributed by atoms with E-state index in [1.54, 1.807) is 6.07 Å². The van der Waals surface area contributed by atoms with Crippen LogP contribution in [0.4, 0.5) is 8.78 Å². The summed E-state index contributed by atoms with van der Waals surface area (Å²) >= 11 is 5.87. The standard InChI is InChI=1S/C13H11ClF2N2O/c14-10-6-18-2-1-9(10)7-19-13-11(15)3-8(5-17)4-12(13)16/h1-4,6H,5,7,17H2. The molecule has 3 nitrogen and oxygen atoms in total. The lowest BCUT2D eigenvalue weighted by Gasteiger charge is -2.10. The molecule has 1 heterocycles. The second-order valence-electron chi connectivity index (χ2n) is 3.85. The van der Waals surface area contributed by atoms with E-state index in [-0.39, 0.29) is 13.2 Å². The van der Waals surface area contributed by atoms with Crippen molar-refractivity contribution in [3.05, 3.63) is 58.4 Å². The van der Waals surface area contributed by atoms with E-state index >= 15 is 0 Å². The molecule has 2 N–H and O–H groups in total. The number of rotatable bonds is 4. The second kappa shape index (κ2) is 5.95. The van der Waals surface area contributed by atoms with Gasteiger partial charge < -0.3 is 10.5 Å². The Hall–Kier alpha value is -1.72. The normalized spacial score (nSPS) is 10.5. The molecule has 1 aromatic carbocycles. The lowest BCUT2D eigenvalue weighted by atomic mass is 10.2. The minimum Gasteiger partial charge on any atom is -0.483 e. The van der Waals surface area contributed by atoms with Crippen LogP contribution in [0, 0.1) is 11.6 Å². The van der Waals surface area contributed by atoms with Gasteiger partial charge in [-0.15, -0.1) is 0 Å². The van der Waals surface area contributed by atoms with Gasteiger partial charge in [0.15, 0.2) is 17.4 Å². The van der Waals surface area contributed by atoms with Crippen LogP contribution in [0.15, 0.2) is 30.6 Å². The predicted octanol–water partition coefficient (Wildman–Crippen LogP) is 3.05. The molecule has 19 heavy (non-hydrogen) atoms. The average Bonchev–Trinajstić information content (AvgIpc) is 2.39. The molecule has 100 valence electrons. The number of ether oxygens (including phenoxy) is 1. The number of pyridine rings is 1. The highest BCUT2D eigenvalue weighted by molar-refractivity contribution is 6.31. The molecule has 0 atom stereocenters. The minimum atomic E-state index is -0.786. The maximum atomic E-state index is 13.6. The van der Waals surface area contributed by atoms with Crippen LogP contribution in [0.2, 0.25) is 5.02 Å². The van der Waals surface area contributed by atoms with Crippen LogP contribution in [-0.4, -0.2) is 4.98 Å². The molecular weight excluding hydrogens is 274 g/mol. The van der Waals surface area contributed by atoms with Crippen LogP contribution >= 0.6 is 11.6 Å². The maximum Gasteiger partial charge on any atom is 0.191 e. The molecule has 2 rings (SSSR count). The summed E-state index contributed by atoms with van der Waals surface area (Å²) in [5, 5.41) is 0.377. The molecule has 0 fully saturated rings. The Morgan fingerprint density at radius 2 is 1.95 bits per heavy atom. The Morgan fingerprint density at radius 1 is 1.26 bits per heavy atom. The van der Waals surface area contributed by atoms with Gasteiger partial charge in [0.1, 0.15) is 6.61 Å². The fourth-order valence-electron chi connectivity index (χ4n) is 1.54. The third kappa shape index (κ3) is 3.19. The summed E-state index contributed by atoms with van der Waals surface area (Å²) in [5.74, 6) is -2.01. The molecule has 6 heteroatoms. The van der Waals surface area contributed by atoms with Crippen molar-refractivity contribution < 1.29 is 13.5 Å². The third-order valence-electron chi connectivity index (χ3n) is 2.52. The first-order chi connectivity index (χ1) is 9.11. The lowest BCUT2D eigenvalue weighted by molar-refractivity contribution is 0.274. The monoisotopic (exact) mass is 284 g/mol. The molecule has 0 radical (unpaired) electrons. The number of aromatic nitrogens is 1. The van der Waals surface area contributed by atoms with Gasteiger partial charge >= 0.3 is 0 Å². The van der Waals surface area contributed by atoms with Gasteiger partial charge in [-0.2, -0.15) is 0 Å². The van der Waals surface area contributed by atoms with Crippen molar-refractivity contribution in [1.29, 1.82) is 0 Å². The summed E-state index contributed by atoms with van der Waals surface area (Å²) in [4.78, 5) is 3.81. The van der Waals surface area contributed by atoms with Gasteiger partial charge in [-0.3, -0.25) is 4.98 Å². The van der Waals surface area contributed by atoms with Crippen LogP contribution in [0.5, 0.6) is 5.75 Å². The highest BCUT2D eigenvalue weighted by Crippen LogP contribution is 2.25. The second-order valence-corrected chi connectivity index (χ2v) is 4.26. The van der Waals surface area contributed by atoms with Gasteiger partial charge in [-0.05, 0) is 23.8 Å². The molecule has 0 bridgehead atoms. The van der Waals surface area contributed by atoms with Gasteiger partial charge in [0.2, 0.25) is 0 Å². The fraction of sp³-hybridized carbons (Fsp3) is 0.154. The molecule has 0 aliphatic rings. The number of halogens is 3. The van der Waals surface area contributed by atoms with E-state index in [0.717, 1.165) is 12.1 Å². The molecule has 2 aromatic rings. The van der Waals surface area contributed by atoms with Gasteiger partial charge in [0, 0.05) is 24.5 Å². The van der Waals surface area contributed by atoms with E-state index in [1.165, 1.54) is 12.4 Å². The largest absolute Gasteiger partial charge is 0.483 e. The predicted molar refractivity (Wildman–Crippen MR) is 67.8 cm³/mol. The first-order valence-corrected chi connectivity index (χ1v) is 5.88. The summed E-state index contributed by atoms with van der Waals surface area (Å²) < 4.78 is 32.4. The molecule has 0 aliphatic carbocycles. The van der Waals surface area contributed by atoms with Crippen LogP contribution < -0.4 is 10.5 Å². The first kappa shape index (κ1) is 13.7. The zero-order chi connectivity index (χ0) is 13.8. The molecule has 0 aliphatic heterocycles.